The van der Waals surface area contributed by atoms with Gasteiger partial charge in [-0.2, -0.15) is 0 Å². The van der Waals surface area contributed by atoms with Gasteiger partial charge in [0, 0.05) is 17.3 Å². The number of ether oxygens (including phenoxy) is 1. The maximum atomic E-state index is 13.8. The number of pyridine rings is 1. The smallest absolute Gasteiger partial charge is 0.313 e. The van der Waals surface area contributed by atoms with E-state index in [1.165, 1.54) is 12.1 Å². The summed E-state index contributed by atoms with van der Waals surface area (Å²) >= 11 is 0. The van der Waals surface area contributed by atoms with Gasteiger partial charge < -0.3 is 14.7 Å². The molecule has 36 heavy (non-hydrogen) atoms. The Morgan fingerprint density at radius 3 is 2.31 bits per heavy atom. The number of esters is 1. The van der Waals surface area contributed by atoms with Crippen LogP contribution in [-0.4, -0.2) is 33.2 Å². The van der Waals surface area contributed by atoms with Crippen LogP contribution in [0.3, 0.4) is 0 Å². The zero-order chi connectivity index (χ0) is 26.4. The Balaban J connectivity index is 2.21. The predicted octanol–water partition coefficient (Wildman–Crippen LogP) is 5.97. The van der Waals surface area contributed by atoms with E-state index >= 15 is 0 Å². The van der Waals surface area contributed by atoms with Crippen molar-refractivity contribution in [1.29, 1.82) is 0 Å². The maximum absolute atomic E-state index is 13.8. The number of hydrogen-bond acceptors (Lipinski definition) is 5. The summed E-state index contributed by atoms with van der Waals surface area (Å²) in [5, 5.41) is 9.91. The van der Waals surface area contributed by atoms with Crippen molar-refractivity contribution in [1.82, 2.24) is 4.98 Å². The number of aliphatic hydroxyl groups is 1. The lowest BCUT2D eigenvalue weighted by molar-refractivity contribution is -0.138. The zero-order valence-corrected chi connectivity index (χ0v) is 21.6. The highest BCUT2D eigenvalue weighted by molar-refractivity contribution is 7.38. The van der Waals surface area contributed by atoms with Crippen molar-refractivity contribution in [3.63, 3.8) is 0 Å². The fourth-order valence-corrected chi connectivity index (χ4v) is 4.70. The van der Waals surface area contributed by atoms with E-state index < -0.39 is 32.7 Å². The van der Waals surface area contributed by atoms with Gasteiger partial charge in [0.25, 0.3) is 0 Å². The number of benzene rings is 2. The SMILES string of the molecule is C=C(OC(=O)CC(O)C[PH](=O)O)c1c(C(C)C)nc(-c2ccccc2)c(CC)c1-c1ccc(F)cc1. The summed E-state index contributed by atoms with van der Waals surface area (Å²) in [5.74, 6) is -1.18. The van der Waals surface area contributed by atoms with Gasteiger partial charge in [-0.1, -0.05) is 69.8 Å². The van der Waals surface area contributed by atoms with Crippen molar-refractivity contribution in [2.24, 2.45) is 0 Å². The molecular formula is C28H31FNO5P. The molecule has 0 aliphatic heterocycles. The molecule has 6 nitrogen and oxygen atoms in total. The molecule has 190 valence electrons. The minimum atomic E-state index is -2.93. The third-order valence-corrected chi connectivity index (χ3v) is 6.56. The minimum Gasteiger partial charge on any atom is -0.426 e. The zero-order valence-electron chi connectivity index (χ0n) is 20.6. The number of aliphatic hydroxyl groups excluding tert-OH is 1. The Morgan fingerprint density at radius 2 is 1.75 bits per heavy atom. The van der Waals surface area contributed by atoms with Crippen LogP contribution >= 0.6 is 8.03 Å². The molecule has 8 heteroatoms. The molecule has 1 heterocycles. The lowest BCUT2D eigenvalue weighted by Crippen LogP contribution is -2.18. The first-order chi connectivity index (χ1) is 17.1. The van der Waals surface area contributed by atoms with Crippen LogP contribution in [0.5, 0.6) is 0 Å². The van der Waals surface area contributed by atoms with Crippen LogP contribution in [0.4, 0.5) is 4.39 Å². The number of nitrogens with zero attached hydrogens (tertiary/aromatic N) is 1. The standard InChI is InChI=1S/C28H31FNO5P/c1-5-23-26(19-11-13-21(29)14-12-19)25(18(4)35-24(32)15-22(31)16-36(33)34)27(17(2)3)30-28(23)20-9-7-6-8-10-20/h6-14,17,22,31,36H,4-5,15-16H2,1-3H3,(H,33,34). The summed E-state index contributed by atoms with van der Waals surface area (Å²) in [6.07, 6.45) is -1.54. The normalized spacial score (nSPS) is 12.9. The number of carbonyl (C=O) groups is 1. The second-order valence-corrected chi connectivity index (χ2v) is 10.0. The van der Waals surface area contributed by atoms with Gasteiger partial charge in [-0.05, 0) is 41.2 Å². The topological polar surface area (TPSA) is 96.7 Å². The van der Waals surface area contributed by atoms with Gasteiger partial charge >= 0.3 is 5.97 Å². The van der Waals surface area contributed by atoms with E-state index in [4.69, 9.17) is 14.6 Å². The highest BCUT2D eigenvalue weighted by Gasteiger charge is 2.26. The Kier molecular flexibility index (Phi) is 9.32. The van der Waals surface area contributed by atoms with Gasteiger partial charge in [-0.3, -0.25) is 14.3 Å². The van der Waals surface area contributed by atoms with Gasteiger partial charge in [0.1, 0.15) is 11.6 Å². The molecule has 0 fully saturated rings. The van der Waals surface area contributed by atoms with Gasteiger partial charge in [0.2, 0.25) is 0 Å². The summed E-state index contributed by atoms with van der Waals surface area (Å²) in [7, 11) is -2.93. The van der Waals surface area contributed by atoms with E-state index in [2.05, 4.69) is 6.58 Å². The van der Waals surface area contributed by atoms with Gasteiger partial charge in [-0.25, -0.2) is 4.39 Å². The highest BCUT2D eigenvalue weighted by Crippen LogP contribution is 2.41. The van der Waals surface area contributed by atoms with E-state index in [1.54, 1.807) is 12.1 Å². The molecule has 0 amide bonds. The number of halogens is 1. The van der Waals surface area contributed by atoms with E-state index in [0.29, 0.717) is 17.7 Å². The Hall–Kier alpha value is -3.12. The van der Waals surface area contributed by atoms with Crippen molar-refractivity contribution in [3.05, 3.63) is 83.8 Å². The fourth-order valence-electron chi connectivity index (χ4n) is 4.15. The summed E-state index contributed by atoms with van der Waals surface area (Å²) in [6, 6.07) is 15.8. The van der Waals surface area contributed by atoms with Crippen molar-refractivity contribution >= 4 is 19.8 Å². The van der Waals surface area contributed by atoms with Gasteiger partial charge in [-0.15, -0.1) is 0 Å². The van der Waals surface area contributed by atoms with Crippen LogP contribution in [0.2, 0.25) is 0 Å². The summed E-state index contributed by atoms with van der Waals surface area (Å²) in [5.41, 5.74) is 5.26. The molecule has 0 spiro atoms. The van der Waals surface area contributed by atoms with Crippen molar-refractivity contribution in [3.8, 4) is 22.4 Å². The molecule has 0 saturated heterocycles. The monoisotopic (exact) mass is 511 g/mol. The first-order valence-electron chi connectivity index (χ1n) is 11.8. The summed E-state index contributed by atoms with van der Waals surface area (Å²) in [6.45, 7) is 9.95. The van der Waals surface area contributed by atoms with E-state index in [1.807, 2.05) is 51.1 Å². The average molecular weight is 512 g/mol. The predicted molar refractivity (Wildman–Crippen MR) is 140 cm³/mol. The molecule has 2 aromatic carbocycles. The fraction of sp³-hybridized carbons (Fsp3) is 0.286. The number of aromatic nitrogens is 1. The lowest BCUT2D eigenvalue weighted by atomic mass is 9.86. The number of rotatable bonds is 10. The third-order valence-electron chi connectivity index (χ3n) is 5.73. The molecule has 2 N–H and O–H groups in total. The Bertz CT molecular complexity index is 1260. The van der Waals surface area contributed by atoms with Crippen LogP contribution in [0.1, 0.15) is 49.9 Å². The maximum Gasteiger partial charge on any atom is 0.313 e. The largest absolute Gasteiger partial charge is 0.426 e. The first-order valence-corrected chi connectivity index (χ1v) is 13.4. The molecule has 1 aromatic heterocycles. The Labute approximate surface area is 211 Å². The molecule has 0 aliphatic rings. The molecule has 3 aromatic rings. The van der Waals surface area contributed by atoms with Crippen LogP contribution in [-0.2, 0) is 20.5 Å². The van der Waals surface area contributed by atoms with Crippen molar-refractivity contribution in [2.45, 2.75) is 45.6 Å². The Morgan fingerprint density at radius 1 is 1.11 bits per heavy atom. The van der Waals surface area contributed by atoms with Crippen LogP contribution in [0.15, 0.2) is 61.2 Å². The van der Waals surface area contributed by atoms with E-state index in [9.17, 15) is 18.9 Å². The lowest BCUT2D eigenvalue weighted by Gasteiger charge is -2.24. The molecule has 0 bridgehead atoms. The van der Waals surface area contributed by atoms with Gasteiger partial charge in [0.15, 0.2) is 8.03 Å². The molecule has 0 aliphatic carbocycles. The van der Waals surface area contributed by atoms with E-state index in [0.717, 1.165) is 27.9 Å². The third kappa shape index (κ3) is 6.55. The first kappa shape index (κ1) is 27.5. The molecule has 3 rings (SSSR count). The van der Waals surface area contributed by atoms with Gasteiger partial charge in [0.05, 0.1) is 23.9 Å². The second-order valence-electron chi connectivity index (χ2n) is 8.81. The molecule has 2 unspecified atom stereocenters. The second kappa shape index (κ2) is 12.2. The minimum absolute atomic E-state index is 0.0497. The van der Waals surface area contributed by atoms with Crippen molar-refractivity contribution < 1.29 is 28.5 Å². The highest BCUT2D eigenvalue weighted by atomic mass is 31.1. The summed E-state index contributed by atoms with van der Waals surface area (Å²) in [4.78, 5) is 26.6. The van der Waals surface area contributed by atoms with Crippen LogP contribution < -0.4 is 0 Å². The quantitative estimate of drug-likeness (QED) is 0.198. The number of carbonyl (C=O) groups excluding carboxylic acids is 1. The van der Waals surface area contributed by atoms with E-state index in [-0.39, 0.29) is 17.5 Å². The van der Waals surface area contributed by atoms with Crippen molar-refractivity contribution in [2.75, 3.05) is 6.16 Å². The summed E-state index contributed by atoms with van der Waals surface area (Å²) < 4.78 is 30.4. The molecule has 0 radical (unpaired) electrons. The van der Waals surface area contributed by atoms with Crippen LogP contribution in [0.25, 0.3) is 28.1 Å². The molecular weight excluding hydrogens is 480 g/mol. The molecule has 0 saturated carbocycles. The van der Waals surface area contributed by atoms with Crippen LogP contribution in [0, 0.1) is 5.82 Å². The molecule has 2 atom stereocenters. The number of hydrogen-bond donors (Lipinski definition) is 2. The average Bonchev–Trinajstić information content (AvgIpc) is 2.82.